The molecule has 0 radical (unpaired) electrons. The summed E-state index contributed by atoms with van der Waals surface area (Å²) in [4.78, 5) is 0. The van der Waals surface area contributed by atoms with Gasteiger partial charge in [0.1, 0.15) is 11.4 Å². The first-order valence-electron chi connectivity index (χ1n) is 4.54. The lowest BCUT2D eigenvalue weighted by Gasteiger charge is -2.24. The van der Waals surface area contributed by atoms with Crippen molar-refractivity contribution in [3.8, 4) is 5.75 Å². The molecular formula is C10H12ClF2NO2. The minimum absolute atomic E-state index is 0.130. The zero-order valence-electron chi connectivity index (χ0n) is 8.58. The SMILES string of the molecule is CC(O)(CN)c1cc(Cl)ccc1OC(F)F. The summed E-state index contributed by atoms with van der Waals surface area (Å²) in [6.07, 6.45) is 0. The maximum Gasteiger partial charge on any atom is 0.387 e. The van der Waals surface area contributed by atoms with Gasteiger partial charge < -0.3 is 15.6 Å². The number of benzene rings is 1. The van der Waals surface area contributed by atoms with E-state index in [1.807, 2.05) is 0 Å². The molecule has 0 fully saturated rings. The molecule has 16 heavy (non-hydrogen) atoms. The number of alkyl halides is 2. The topological polar surface area (TPSA) is 55.5 Å². The molecule has 0 amide bonds. The average molecular weight is 252 g/mol. The standard InChI is InChI=1S/C10H12ClF2NO2/c1-10(15,5-14)7-4-6(11)2-3-8(7)16-9(12)13/h2-4,9,15H,5,14H2,1H3. The van der Waals surface area contributed by atoms with Gasteiger partial charge in [0.15, 0.2) is 0 Å². The Labute approximate surface area is 96.8 Å². The van der Waals surface area contributed by atoms with E-state index in [0.717, 1.165) is 0 Å². The summed E-state index contributed by atoms with van der Waals surface area (Å²) in [5, 5.41) is 10.2. The number of halogens is 3. The number of hydrogen-bond acceptors (Lipinski definition) is 3. The third kappa shape index (κ3) is 3.04. The second-order valence-corrected chi connectivity index (χ2v) is 3.93. The highest BCUT2D eigenvalue weighted by Gasteiger charge is 2.26. The number of rotatable bonds is 4. The molecule has 0 aliphatic rings. The Balaban J connectivity index is 3.18. The van der Waals surface area contributed by atoms with Crippen LogP contribution in [0.5, 0.6) is 5.75 Å². The second-order valence-electron chi connectivity index (χ2n) is 3.50. The van der Waals surface area contributed by atoms with E-state index in [2.05, 4.69) is 4.74 Å². The van der Waals surface area contributed by atoms with Gasteiger partial charge in [0.05, 0.1) is 0 Å². The Kier molecular flexibility index (Phi) is 4.07. The molecule has 3 nitrogen and oxygen atoms in total. The van der Waals surface area contributed by atoms with Crippen LogP contribution in [0, 0.1) is 0 Å². The van der Waals surface area contributed by atoms with Gasteiger partial charge >= 0.3 is 6.61 Å². The summed E-state index contributed by atoms with van der Waals surface area (Å²) in [5.74, 6) is -0.130. The van der Waals surface area contributed by atoms with Crippen molar-refractivity contribution in [2.24, 2.45) is 5.73 Å². The van der Waals surface area contributed by atoms with Crippen molar-refractivity contribution in [1.82, 2.24) is 0 Å². The number of hydrogen-bond donors (Lipinski definition) is 2. The summed E-state index contributed by atoms with van der Waals surface area (Å²) >= 11 is 5.72. The Morgan fingerprint density at radius 2 is 2.19 bits per heavy atom. The van der Waals surface area contributed by atoms with Crippen LogP contribution < -0.4 is 10.5 Å². The summed E-state index contributed by atoms with van der Waals surface area (Å²) < 4.78 is 28.5. The lowest BCUT2D eigenvalue weighted by Crippen LogP contribution is -2.32. The predicted molar refractivity (Wildman–Crippen MR) is 56.7 cm³/mol. The van der Waals surface area contributed by atoms with Crippen LogP contribution in [0.25, 0.3) is 0 Å². The molecule has 1 atom stereocenters. The van der Waals surface area contributed by atoms with Crippen LogP contribution in [0.1, 0.15) is 12.5 Å². The molecule has 1 aromatic rings. The summed E-state index contributed by atoms with van der Waals surface area (Å²) in [5.41, 5.74) is 4.03. The highest BCUT2D eigenvalue weighted by molar-refractivity contribution is 6.30. The monoisotopic (exact) mass is 251 g/mol. The van der Waals surface area contributed by atoms with Crippen LogP contribution in [0.3, 0.4) is 0 Å². The summed E-state index contributed by atoms with van der Waals surface area (Å²) in [6.45, 7) is -1.70. The maximum atomic E-state index is 12.1. The molecule has 0 bridgehead atoms. The van der Waals surface area contributed by atoms with Gasteiger partial charge in [0.25, 0.3) is 0 Å². The molecule has 0 aromatic heterocycles. The van der Waals surface area contributed by atoms with Crippen molar-refractivity contribution in [3.05, 3.63) is 28.8 Å². The zero-order valence-corrected chi connectivity index (χ0v) is 9.34. The van der Waals surface area contributed by atoms with E-state index in [1.54, 1.807) is 0 Å². The van der Waals surface area contributed by atoms with E-state index in [4.69, 9.17) is 17.3 Å². The summed E-state index contributed by atoms with van der Waals surface area (Å²) in [7, 11) is 0. The molecule has 1 aromatic carbocycles. The first-order chi connectivity index (χ1) is 7.36. The average Bonchev–Trinajstić information content (AvgIpc) is 2.20. The quantitative estimate of drug-likeness (QED) is 0.862. The van der Waals surface area contributed by atoms with E-state index in [1.165, 1.54) is 25.1 Å². The van der Waals surface area contributed by atoms with Crippen molar-refractivity contribution in [3.63, 3.8) is 0 Å². The van der Waals surface area contributed by atoms with Gasteiger partial charge in [-0.3, -0.25) is 0 Å². The molecule has 90 valence electrons. The first-order valence-corrected chi connectivity index (χ1v) is 4.92. The molecule has 6 heteroatoms. The van der Waals surface area contributed by atoms with Crippen LogP contribution >= 0.6 is 11.6 Å². The molecule has 0 spiro atoms. The Bertz CT molecular complexity index is 372. The van der Waals surface area contributed by atoms with Crippen molar-refractivity contribution in [2.75, 3.05) is 6.54 Å². The lowest BCUT2D eigenvalue weighted by molar-refractivity contribution is -0.0534. The first kappa shape index (κ1) is 13.2. The molecule has 0 saturated carbocycles. The summed E-state index contributed by atoms with van der Waals surface area (Å²) in [6, 6.07) is 4.02. The van der Waals surface area contributed by atoms with E-state index in [-0.39, 0.29) is 17.9 Å². The van der Waals surface area contributed by atoms with Crippen LogP contribution in [0.2, 0.25) is 5.02 Å². The molecular weight excluding hydrogens is 240 g/mol. The molecule has 1 unspecified atom stereocenters. The van der Waals surface area contributed by atoms with Crippen LogP contribution in [-0.2, 0) is 5.60 Å². The van der Waals surface area contributed by atoms with Crippen molar-refractivity contribution in [1.29, 1.82) is 0 Å². The van der Waals surface area contributed by atoms with Gasteiger partial charge in [-0.1, -0.05) is 11.6 Å². The smallest absolute Gasteiger partial charge is 0.387 e. The highest BCUT2D eigenvalue weighted by Crippen LogP contribution is 2.32. The third-order valence-corrected chi connectivity index (χ3v) is 2.37. The molecule has 0 heterocycles. The highest BCUT2D eigenvalue weighted by atomic mass is 35.5. The van der Waals surface area contributed by atoms with E-state index < -0.39 is 12.2 Å². The molecule has 0 saturated heterocycles. The van der Waals surface area contributed by atoms with E-state index in [9.17, 15) is 13.9 Å². The fourth-order valence-electron chi connectivity index (χ4n) is 1.23. The van der Waals surface area contributed by atoms with Crippen molar-refractivity contribution in [2.45, 2.75) is 19.1 Å². The van der Waals surface area contributed by atoms with E-state index in [0.29, 0.717) is 5.02 Å². The zero-order chi connectivity index (χ0) is 12.3. The molecule has 0 aliphatic heterocycles. The maximum absolute atomic E-state index is 12.1. The molecule has 0 aliphatic carbocycles. The van der Waals surface area contributed by atoms with Crippen molar-refractivity contribution >= 4 is 11.6 Å². The van der Waals surface area contributed by atoms with Gasteiger partial charge in [-0.2, -0.15) is 8.78 Å². The lowest BCUT2D eigenvalue weighted by atomic mass is 9.95. The van der Waals surface area contributed by atoms with Gasteiger partial charge in [0.2, 0.25) is 0 Å². The number of nitrogens with two attached hydrogens (primary N) is 1. The normalized spacial score (nSPS) is 14.9. The molecule has 3 N–H and O–H groups in total. The second kappa shape index (κ2) is 4.95. The van der Waals surface area contributed by atoms with Gasteiger partial charge in [0, 0.05) is 17.1 Å². The third-order valence-electron chi connectivity index (χ3n) is 2.14. The largest absolute Gasteiger partial charge is 0.434 e. The predicted octanol–water partition coefficient (Wildman–Crippen LogP) is 2.11. The van der Waals surface area contributed by atoms with Crippen molar-refractivity contribution < 1.29 is 18.6 Å². The minimum Gasteiger partial charge on any atom is -0.434 e. The minimum atomic E-state index is -2.96. The Morgan fingerprint density at radius 3 is 2.69 bits per heavy atom. The number of aliphatic hydroxyl groups is 1. The van der Waals surface area contributed by atoms with Crippen LogP contribution in [0.15, 0.2) is 18.2 Å². The van der Waals surface area contributed by atoms with Crippen LogP contribution in [0.4, 0.5) is 8.78 Å². The van der Waals surface area contributed by atoms with Crippen LogP contribution in [-0.4, -0.2) is 18.3 Å². The van der Waals surface area contributed by atoms with E-state index >= 15 is 0 Å². The molecule has 1 rings (SSSR count). The fraction of sp³-hybridized carbons (Fsp3) is 0.400. The van der Waals surface area contributed by atoms with Gasteiger partial charge in [-0.05, 0) is 25.1 Å². The fourth-order valence-corrected chi connectivity index (χ4v) is 1.40. The van der Waals surface area contributed by atoms with Gasteiger partial charge in [-0.25, -0.2) is 0 Å². The number of ether oxygens (including phenoxy) is 1. The Morgan fingerprint density at radius 1 is 1.56 bits per heavy atom. The Hall–Kier alpha value is -0.910. The van der Waals surface area contributed by atoms with Gasteiger partial charge in [-0.15, -0.1) is 0 Å².